The molecule has 0 aliphatic carbocycles. The quantitative estimate of drug-likeness (QED) is 0.147. The van der Waals surface area contributed by atoms with Gasteiger partial charge in [0.25, 0.3) is 0 Å². The Morgan fingerprint density at radius 1 is 0.903 bits per heavy atom. The Labute approximate surface area is 188 Å². The number of rotatable bonds is 11. The molecule has 31 heavy (non-hydrogen) atoms. The molecule has 0 fully saturated rings. The third-order valence-electron chi connectivity index (χ3n) is 5.22. The zero-order chi connectivity index (χ0) is 21.3. The van der Waals surface area contributed by atoms with Crippen molar-refractivity contribution in [3.05, 3.63) is 103 Å². The highest BCUT2D eigenvalue weighted by Crippen LogP contribution is 2.25. The minimum absolute atomic E-state index is 0.717. The summed E-state index contributed by atoms with van der Waals surface area (Å²) in [6, 6.07) is 27.2. The maximum atomic E-state index is 6.06. The molecule has 0 aliphatic rings. The minimum atomic E-state index is 0.717. The molecule has 0 amide bonds. The van der Waals surface area contributed by atoms with Crippen molar-refractivity contribution >= 4 is 22.8 Å². The van der Waals surface area contributed by atoms with Crippen molar-refractivity contribution < 1.29 is 4.74 Å². The minimum Gasteiger partial charge on any atom is -0.493 e. The summed E-state index contributed by atoms with van der Waals surface area (Å²) in [4.78, 5) is 6.18. The Morgan fingerprint density at radius 3 is 2.55 bits per heavy atom. The number of hydrogen-bond acceptors (Lipinski definition) is 3. The first kappa shape index (κ1) is 21.3. The molecule has 3 aromatic carbocycles. The summed E-state index contributed by atoms with van der Waals surface area (Å²) >= 11 is 1.83. The fourth-order valence-electron chi connectivity index (χ4n) is 3.67. The largest absolute Gasteiger partial charge is 0.493 e. The number of para-hydroxylation sites is 3. The number of allylic oxidation sites excluding steroid dienone is 1. The van der Waals surface area contributed by atoms with E-state index in [0.717, 1.165) is 55.3 Å². The summed E-state index contributed by atoms with van der Waals surface area (Å²) in [5.41, 5.74) is 3.47. The molecule has 4 heteroatoms. The van der Waals surface area contributed by atoms with Crippen molar-refractivity contribution in [3.8, 4) is 5.75 Å². The summed E-state index contributed by atoms with van der Waals surface area (Å²) in [5.74, 6) is 2.96. The predicted octanol–water partition coefficient (Wildman–Crippen LogP) is 6.92. The van der Waals surface area contributed by atoms with Gasteiger partial charge in [-0.25, -0.2) is 4.98 Å². The van der Waals surface area contributed by atoms with E-state index in [-0.39, 0.29) is 0 Å². The van der Waals surface area contributed by atoms with Crippen LogP contribution < -0.4 is 4.74 Å². The van der Waals surface area contributed by atoms with Crippen molar-refractivity contribution in [1.82, 2.24) is 9.55 Å². The Kier molecular flexibility index (Phi) is 7.46. The number of hydrogen-bond donors (Lipinski definition) is 0. The maximum absolute atomic E-state index is 6.06. The van der Waals surface area contributed by atoms with E-state index in [1.54, 1.807) is 0 Å². The number of thioether (sulfide) groups is 1. The Morgan fingerprint density at radius 2 is 1.68 bits per heavy atom. The third-order valence-corrected chi connectivity index (χ3v) is 6.22. The Balaban J connectivity index is 1.37. The second-order valence-corrected chi connectivity index (χ2v) is 8.47. The zero-order valence-electron chi connectivity index (χ0n) is 17.7. The monoisotopic (exact) mass is 428 g/mol. The van der Waals surface area contributed by atoms with Crippen LogP contribution in [0.15, 0.2) is 96.4 Å². The molecule has 0 atom stereocenters. The first-order valence-electron chi connectivity index (χ1n) is 10.8. The molecule has 0 radical (unpaired) electrons. The number of ether oxygens (including phenoxy) is 1. The first-order valence-corrected chi connectivity index (χ1v) is 11.8. The summed E-state index contributed by atoms with van der Waals surface area (Å²) in [5, 5.41) is 0. The predicted molar refractivity (Wildman–Crippen MR) is 131 cm³/mol. The fourth-order valence-corrected chi connectivity index (χ4v) is 4.54. The van der Waals surface area contributed by atoms with Crippen LogP contribution in [0.25, 0.3) is 11.0 Å². The van der Waals surface area contributed by atoms with Gasteiger partial charge in [-0.05, 0) is 55.2 Å². The fraction of sp³-hybridized carbons (Fsp3) is 0.222. The number of unbranched alkanes of at least 4 members (excludes halogenated alkanes) is 1. The van der Waals surface area contributed by atoms with Gasteiger partial charge in [0.15, 0.2) is 0 Å². The van der Waals surface area contributed by atoms with E-state index < -0.39 is 0 Å². The van der Waals surface area contributed by atoms with E-state index in [0.29, 0.717) is 0 Å². The van der Waals surface area contributed by atoms with Crippen molar-refractivity contribution in [2.75, 3.05) is 6.61 Å². The van der Waals surface area contributed by atoms with Gasteiger partial charge >= 0.3 is 0 Å². The number of aromatic nitrogens is 2. The van der Waals surface area contributed by atoms with Gasteiger partial charge in [0.05, 0.1) is 23.4 Å². The Hall–Kier alpha value is -2.98. The van der Waals surface area contributed by atoms with Gasteiger partial charge in [-0.15, -0.1) is 18.3 Å². The van der Waals surface area contributed by atoms with Gasteiger partial charge < -0.3 is 9.30 Å². The van der Waals surface area contributed by atoms with Crippen LogP contribution >= 0.6 is 11.8 Å². The van der Waals surface area contributed by atoms with Crippen LogP contribution in [0.4, 0.5) is 0 Å². The van der Waals surface area contributed by atoms with Gasteiger partial charge in [0.2, 0.25) is 0 Å². The van der Waals surface area contributed by atoms with E-state index in [4.69, 9.17) is 9.72 Å². The molecule has 4 aromatic rings. The molecule has 0 spiro atoms. The van der Waals surface area contributed by atoms with Crippen LogP contribution in [0.5, 0.6) is 5.75 Å². The molecule has 0 bridgehead atoms. The average molecular weight is 429 g/mol. The third kappa shape index (κ3) is 5.59. The highest BCUT2D eigenvalue weighted by molar-refractivity contribution is 7.98. The molecule has 0 N–H and O–H groups in total. The second kappa shape index (κ2) is 10.9. The van der Waals surface area contributed by atoms with Crippen molar-refractivity contribution in [2.24, 2.45) is 0 Å². The van der Waals surface area contributed by atoms with Crippen LogP contribution in [-0.4, -0.2) is 16.2 Å². The molecule has 1 heterocycles. The van der Waals surface area contributed by atoms with Crippen LogP contribution in [0, 0.1) is 0 Å². The van der Waals surface area contributed by atoms with Crippen LogP contribution in [-0.2, 0) is 18.7 Å². The number of nitrogens with zero attached hydrogens (tertiary/aromatic N) is 2. The lowest BCUT2D eigenvalue weighted by molar-refractivity contribution is 0.301. The van der Waals surface area contributed by atoms with Crippen LogP contribution in [0.3, 0.4) is 0 Å². The lowest BCUT2D eigenvalue weighted by Crippen LogP contribution is -2.06. The first-order chi connectivity index (χ1) is 15.3. The van der Waals surface area contributed by atoms with E-state index in [1.807, 2.05) is 36.0 Å². The van der Waals surface area contributed by atoms with E-state index in [9.17, 15) is 0 Å². The molecular weight excluding hydrogens is 400 g/mol. The van der Waals surface area contributed by atoms with Crippen molar-refractivity contribution in [2.45, 2.75) is 36.5 Å². The standard InChI is InChI=1S/C27H28N2OS/c1-2-12-22-13-6-9-18-26(22)30-20-11-10-19-29-25-17-8-7-16-24(25)28-27(29)21-31-23-14-4-3-5-15-23/h2-9,13-18H,1,10-12,19-21H2. The molecule has 0 aliphatic heterocycles. The molecule has 4 rings (SSSR count). The molecule has 1 aromatic heterocycles. The van der Waals surface area contributed by atoms with Gasteiger partial charge in [-0.3, -0.25) is 0 Å². The highest BCUT2D eigenvalue weighted by Gasteiger charge is 2.11. The lowest BCUT2D eigenvalue weighted by atomic mass is 10.1. The number of benzene rings is 3. The summed E-state index contributed by atoms with van der Waals surface area (Å²) in [6.07, 6.45) is 4.80. The van der Waals surface area contributed by atoms with Gasteiger partial charge in [-0.1, -0.05) is 54.6 Å². The van der Waals surface area contributed by atoms with Crippen LogP contribution in [0.2, 0.25) is 0 Å². The average Bonchev–Trinajstić information content (AvgIpc) is 3.17. The van der Waals surface area contributed by atoms with Gasteiger partial charge in [-0.2, -0.15) is 0 Å². The van der Waals surface area contributed by atoms with E-state index >= 15 is 0 Å². The van der Waals surface area contributed by atoms with Crippen molar-refractivity contribution in [1.29, 1.82) is 0 Å². The number of aryl methyl sites for hydroxylation is 1. The summed E-state index contributed by atoms with van der Waals surface area (Å²) in [7, 11) is 0. The molecule has 158 valence electrons. The number of imidazole rings is 1. The topological polar surface area (TPSA) is 27.1 Å². The molecule has 0 unspecified atom stereocenters. The Bertz CT molecular complexity index is 1120. The SMILES string of the molecule is C=CCc1ccccc1OCCCCn1c(CSc2ccccc2)nc2ccccc21. The molecular formula is C27H28N2OS. The summed E-state index contributed by atoms with van der Waals surface area (Å²) < 4.78 is 8.43. The van der Waals surface area contributed by atoms with Crippen LogP contribution in [0.1, 0.15) is 24.2 Å². The highest BCUT2D eigenvalue weighted by atomic mass is 32.2. The van der Waals surface area contributed by atoms with Crippen molar-refractivity contribution in [3.63, 3.8) is 0 Å². The van der Waals surface area contributed by atoms with E-state index in [1.165, 1.54) is 16.0 Å². The molecule has 0 saturated heterocycles. The second-order valence-electron chi connectivity index (χ2n) is 7.43. The van der Waals surface area contributed by atoms with E-state index in [2.05, 4.69) is 71.8 Å². The molecule has 0 saturated carbocycles. The number of fused-ring (bicyclic) bond motifs is 1. The smallest absolute Gasteiger partial charge is 0.122 e. The van der Waals surface area contributed by atoms with Gasteiger partial charge in [0, 0.05) is 11.4 Å². The normalized spacial score (nSPS) is 11.0. The lowest BCUT2D eigenvalue weighted by Gasteiger charge is -2.12. The maximum Gasteiger partial charge on any atom is 0.122 e. The zero-order valence-corrected chi connectivity index (χ0v) is 18.6. The summed E-state index contributed by atoms with van der Waals surface area (Å²) in [6.45, 7) is 5.50. The molecule has 3 nitrogen and oxygen atoms in total. The van der Waals surface area contributed by atoms with Gasteiger partial charge in [0.1, 0.15) is 11.6 Å².